The lowest BCUT2D eigenvalue weighted by molar-refractivity contribution is -0.116. The first-order valence-corrected chi connectivity index (χ1v) is 11.0. The van der Waals surface area contributed by atoms with Crippen LogP contribution in [0.2, 0.25) is 0 Å². The summed E-state index contributed by atoms with van der Waals surface area (Å²) in [7, 11) is 0. The topological polar surface area (TPSA) is 78.7 Å². The molecule has 0 saturated carbocycles. The van der Waals surface area contributed by atoms with Gasteiger partial charge in [-0.1, -0.05) is 29.8 Å². The van der Waals surface area contributed by atoms with Gasteiger partial charge < -0.3 is 19.5 Å². The van der Waals surface area contributed by atoms with Crippen molar-refractivity contribution in [3.63, 3.8) is 0 Å². The van der Waals surface area contributed by atoms with Crippen LogP contribution in [0.5, 0.6) is 0 Å². The van der Waals surface area contributed by atoms with Crippen LogP contribution in [-0.2, 0) is 11.2 Å². The Bertz CT molecular complexity index is 1020. The van der Waals surface area contributed by atoms with Crippen LogP contribution in [0, 0.1) is 6.92 Å². The minimum atomic E-state index is -0.0805. The van der Waals surface area contributed by atoms with Gasteiger partial charge in [0.05, 0.1) is 18.1 Å². The van der Waals surface area contributed by atoms with Crippen molar-refractivity contribution < 1.29 is 14.0 Å². The van der Waals surface area contributed by atoms with Crippen molar-refractivity contribution in [1.82, 2.24) is 9.88 Å². The molecule has 1 aliphatic heterocycles. The molecule has 3 aromatic rings. The van der Waals surface area contributed by atoms with E-state index in [0.717, 1.165) is 18.7 Å². The number of hydrogen-bond acceptors (Lipinski definition) is 5. The molecule has 0 aliphatic carbocycles. The van der Waals surface area contributed by atoms with Gasteiger partial charge in [0, 0.05) is 32.6 Å². The van der Waals surface area contributed by atoms with E-state index in [9.17, 15) is 9.59 Å². The highest BCUT2D eigenvalue weighted by Gasteiger charge is 2.24. The second-order valence-corrected chi connectivity index (χ2v) is 8.05. The number of carbonyl (C=O) groups excluding carboxylic acids is 2. The van der Waals surface area contributed by atoms with Crippen LogP contribution in [0.15, 0.2) is 65.4 Å². The number of furan rings is 1. The highest BCUT2D eigenvalue weighted by molar-refractivity contribution is 5.91. The van der Waals surface area contributed by atoms with Crippen molar-refractivity contribution in [3.05, 3.63) is 77.9 Å². The number of anilines is 2. The molecule has 1 fully saturated rings. The molecule has 166 valence electrons. The maximum Gasteiger partial charge on any atom is 0.289 e. The number of hydrogen-bond donors (Lipinski definition) is 1. The molecule has 1 aromatic carbocycles. The summed E-state index contributed by atoms with van der Waals surface area (Å²) < 4.78 is 5.20. The first-order valence-electron chi connectivity index (χ1n) is 11.0. The van der Waals surface area contributed by atoms with Crippen molar-refractivity contribution >= 4 is 23.3 Å². The van der Waals surface area contributed by atoms with Crippen LogP contribution in [0.4, 0.5) is 11.5 Å². The number of carbonyl (C=O) groups is 2. The number of pyridine rings is 1. The maximum absolute atomic E-state index is 12.4. The van der Waals surface area contributed by atoms with E-state index in [1.807, 2.05) is 12.1 Å². The highest BCUT2D eigenvalue weighted by Crippen LogP contribution is 2.18. The Labute approximate surface area is 188 Å². The Morgan fingerprint density at radius 1 is 1.03 bits per heavy atom. The number of nitrogens with one attached hydrogen (secondary N) is 1. The molecule has 0 radical (unpaired) electrons. The van der Waals surface area contributed by atoms with Gasteiger partial charge in [-0.15, -0.1) is 0 Å². The van der Waals surface area contributed by atoms with E-state index in [1.54, 1.807) is 23.2 Å². The average Bonchev–Trinajstić information content (AvgIpc) is 3.36. The summed E-state index contributed by atoms with van der Waals surface area (Å²) in [5.41, 5.74) is 3.19. The van der Waals surface area contributed by atoms with Crippen molar-refractivity contribution in [3.8, 4) is 0 Å². The molecule has 3 heterocycles. The van der Waals surface area contributed by atoms with E-state index in [2.05, 4.69) is 46.4 Å². The van der Waals surface area contributed by atoms with Gasteiger partial charge in [0.1, 0.15) is 5.82 Å². The van der Waals surface area contributed by atoms with Crippen molar-refractivity contribution in [2.24, 2.45) is 0 Å². The van der Waals surface area contributed by atoms with Gasteiger partial charge in [-0.25, -0.2) is 4.98 Å². The van der Waals surface area contributed by atoms with Gasteiger partial charge in [0.2, 0.25) is 5.91 Å². The van der Waals surface area contributed by atoms with Gasteiger partial charge in [-0.2, -0.15) is 0 Å². The molecule has 1 N–H and O–H groups in total. The summed E-state index contributed by atoms with van der Waals surface area (Å²) in [6.45, 7) is 4.69. The summed E-state index contributed by atoms with van der Waals surface area (Å²) in [6, 6.07) is 15.6. The third-order valence-corrected chi connectivity index (χ3v) is 5.64. The van der Waals surface area contributed by atoms with Crippen LogP contribution < -0.4 is 10.2 Å². The Kier molecular flexibility index (Phi) is 6.84. The van der Waals surface area contributed by atoms with Crippen molar-refractivity contribution in [2.45, 2.75) is 26.2 Å². The van der Waals surface area contributed by atoms with E-state index in [1.165, 1.54) is 17.4 Å². The van der Waals surface area contributed by atoms with Gasteiger partial charge in [-0.05, 0) is 49.6 Å². The lowest BCUT2D eigenvalue weighted by atomic mass is 10.1. The van der Waals surface area contributed by atoms with E-state index < -0.39 is 0 Å². The van der Waals surface area contributed by atoms with E-state index in [4.69, 9.17) is 4.42 Å². The minimum Gasteiger partial charge on any atom is -0.459 e. The zero-order valence-electron chi connectivity index (χ0n) is 18.3. The fourth-order valence-corrected chi connectivity index (χ4v) is 3.77. The molecule has 0 spiro atoms. The number of aromatic nitrogens is 1. The minimum absolute atomic E-state index is 0.00304. The van der Waals surface area contributed by atoms with E-state index >= 15 is 0 Å². The van der Waals surface area contributed by atoms with Gasteiger partial charge >= 0.3 is 0 Å². The molecule has 7 heteroatoms. The summed E-state index contributed by atoms with van der Waals surface area (Å²) in [6.07, 6.45) is 5.37. The number of amides is 2. The van der Waals surface area contributed by atoms with Gasteiger partial charge in [0.15, 0.2) is 5.76 Å². The Morgan fingerprint density at radius 3 is 2.47 bits per heavy atom. The number of nitrogens with zero attached hydrogens (tertiary/aromatic N) is 3. The second-order valence-electron chi connectivity index (χ2n) is 8.05. The molecule has 0 bridgehead atoms. The van der Waals surface area contributed by atoms with Crippen LogP contribution in [0.1, 0.15) is 34.5 Å². The zero-order valence-corrected chi connectivity index (χ0v) is 18.3. The first kappa shape index (κ1) is 21.6. The molecule has 1 aliphatic rings. The van der Waals surface area contributed by atoms with Crippen molar-refractivity contribution in [2.75, 3.05) is 36.4 Å². The average molecular weight is 433 g/mol. The number of aryl methyl sites for hydroxylation is 2. The monoisotopic (exact) mass is 432 g/mol. The van der Waals surface area contributed by atoms with Crippen LogP contribution >= 0.6 is 0 Å². The zero-order chi connectivity index (χ0) is 22.3. The SMILES string of the molecule is Cc1ccc(CCCC(=O)Nc2ccc(N3CCN(C(=O)c4ccco4)CC3)nc2)cc1. The Hall–Kier alpha value is -3.61. The Balaban J connectivity index is 1.21. The molecule has 0 atom stereocenters. The highest BCUT2D eigenvalue weighted by atomic mass is 16.3. The fraction of sp³-hybridized carbons (Fsp3) is 0.320. The predicted octanol–water partition coefficient (Wildman–Crippen LogP) is 3.91. The van der Waals surface area contributed by atoms with Crippen molar-refractivity contribution in [1.29, 1.82) is 0 Å². The lowest BCUT2D eigenvalue weighted by Gasteiger charge is -2.35. The van der Waals surface area contributed by atoms with Crippen LogP contribution in [0.25, 0.3) is 0 Å². The molecule has 1 saturated heterocycles. The van der Waals surface area contributed by atoms with E-state index in [0.29, 0.717) is 44.0 Å². The molecule has 32 heavy (non-hydrogen) atoms. The quantitative estimate of drug-likeness (QED) is 0.613. The molecule has 0 unspecified atom stereocenters. The molecular formula is C25H28N4O3. The molecule has 2 amide bonds. The third kappa shape index (κ3) is 5.55. The largest absolute Gasteiger partial charge is 0.459 e. The summed E-state index contributed by atoms with van der Waals surface area (Å²) in [5.74, 6) is 1.13. The van der Waals surface area contributed by atoms with Crippen LogP contribution in [0.3, 0.4) is 0 Å². The van der Waals surface area contributed by atoms with Gasteiger partial charge in [0.25, 0.3) is 5.91 Å². The van der Waals surface area contributed by atoms with Gasteiger partial charge in [-0.3, -0.25) is 9.59 Å². The third-order valence-electron chi connectivity index (χ3n) is 5.64. The van der Waals surface area contributed by atoms with Crippen LogP contribution in [-0.4, -0.2) is 47.9 Å². The number of rotatable bonds is 7. The number of piperazine rings is 1. The first-order chi connectivity index (χ1) is 15.6. The predicted molar refractivity (Wildman–Crippen MR) is 124 cm³/mol. The molecule has 7 nitrogen and oxygen atoms in total. The summed E-state index contributed by atoms with van der Waals surface area (Å²) in [5, 5.41) is 2.92. The maximum atomic E-state index is 12.4. The molecule has 4 rings (SSSR count). The molecular weight excluding hydrogens is 404 g/mol. The molecule has 2 aromatic heterocycles. The smallest absolute Gasteiger partial charge is 0.289 e. The fourth-order valence-electron chi connectivity index (χ4n) is 3.77. The standard InChI is InChI=1S/C25H28N4O3/c1-19-7-9-20(10-8-19)4-2-6-24(30)27-21-11-12-23(26-18-21)28-13-15-29(16-14-28)25(31)22-5-3-17-32-22/h3,5,7-12,17-18H,2,4,6,13-16H2,1H3,(H,27,30). The second kappa shape index (κ2) is 10.1. The normalized spacial score (nSPS) is 13.8. The summed E-state index contributed by atoms with van der Waals surface area (Å²) >= 11 is 0. The summed E-state index contributed by atoms with van der Waals surface area (Å²) in [4.78, 5) is 33.1. The Morgan fingerprint density at radius 2 is 1.81 bits per heavy atom. The lowest BCUT2D eigenvalue weighted by Crippen LogP contribution is -2.49. The van der Waals surface area contributed by atoms with E-state index in [-0.39, 0.29) is 11.8 Å². The number of benzene rings is 1.